The van der Waals surface area contributed by atoms with Gasteiger partial charge >= 0.3 is 0 Å². The predicted molar refractivity (Wildman–Crippen MR) is 87.0 cm³/mol. The Morgan fingerprint density at radius 3 is 2.43 bits per heavy atom. The molecule has 1 saturated carbocycles. The van der Waals surface area contributed by atoms with Gasteiger partial charge in [-0.3, -0.25) is 4.79 Å². The van der Waals surface area contributed by atoms with Crippen LogP contribution in [0.5, 0.6) is 0 Å². The van der Waals surface area contributed by atoms with Gasteiger partial charge < -0.3 is 11.1 Å². The summed E-state index contributed by atoms with van der Waals surface area (Å²) in [4.78, 5) is 12.3. The second-order valence-corrected chi connectivity index (χ2v) is 6.54. The van der Waals surface area contributed by atoms with Crippen molar-refractivity contribution >= 4 is 5.91 Å². The largest absolute Gasteiger partial charge is 0.349 e. The van der Waals surface area contributed by atoms with E-state index in [0.717, 1.165) is 32.1 Å². The zero-order valence-electron chi connectivity index (χ0n) is 13.3. The molecule has 3 heteroatoms. The van der Waals surface area contributed by atoms with Crippen molar-refractivity contribution in [2.45, 2.75) is 70.4 Å². The summed E-state index contributed by atoms with van der Waals surface area (Å²) in [5, 5.41) is 3.16. The maximum absolute atomic E-state index is 12.3. The number of hydrogen-bond donors (Lipinski definition) is 2. The Morgan fingerprint density at radius 1 is 1.24 bits per heavy atom. The minimum atomic E-state index is -0.284. The third kappa shape index (κ3) is 4.57. The first-order chi connectivity index (χ1) is 10.0. The highest BCUT2D eigenvalue weighted by molar-refractivity contribution is 5.77. The average Bonchev–Trinajstić information content (AvgIpc) is 2.46. The molecule has 2 rings (SSSR count). The molecular formula is C18H28N2O. The summed E-state index contributed by atoms with van der Waals surface area (Å²) in [6.45, 7) is 4.17. The Kier molecular flexibility index (Phi) is 5.40. The number of benzene rings is 1. The van der Waals surface area contributed by atoms with Crippen molar-refractivity contribution < 1.29 is 4.79 Å². The fourth-order valence-corrected chi connectivity index (χ4v) is 3.22. The summed E-state index contributed by atoms with van der Waals surface area (Å²) in [7, 11) is 0. The number of rotatable bonds is 5. The second kappa shape index (κ2) is 7.08. The van der Waals surface area contributed by atoms with Gasteiger partial charge in [0.15, 0.2) is 0 Å². The zero-order valence-corrected chi connectivity index (χ0v) is 13.3. The molecule has 0 saturated heterocycles. The maximum Gasteiger partial charge on any atom is 0.222 e. The third-order valence-electron chi connectivity index (χ3n) is 4.59. The molecule has 1 atom stereocenters. The van der Waals surface area contributed by atoms with Crippen LogP contribution in [0, 0.1) is 6.92 Å². The molecule has 116 valence electrons. The van der Waals surface area contributed by atoms with Crippen LogP contribution in [0.2, 0.25) is 0 Å². The van der Waals surface area contributed by atoms with Gasteiger partial charge in [-0.15, -0.1) is 0 Å². The van der Waals surface area contributed by atoms with Gasteiger partial charge in [0.1, 0.15) is 0 Å². The quantitative estimate of drug-likeness (QED) is 0.869. The van der Waals surface area contributed by atoms with Crippen LogP contribution in [0.4, 0.5) is 0 Å². The number of hydrogen-bond acceptors (Lipinski definition) is 2. The molecule has 1 aromatic carbocycles. The average molecular weight is 288 g/mol. The fourth-order valence-electron chi connectivity index (χ4n) is 3.22. The van der Waals surface area contributed by atoms with Crippen LogP contribution in [-0.2, 0) is 4.79 Å². The normalized spacial score (nSPS) is 19.0. The van der Waals surface area contributed by atoms with Gasteiger partial charge in [0, 0.05) is 12.0 Å². The van der Waals surface area contributed by atoms with Crippen LogP contribution in [0.15, 0.2) is 24.3 Å². The molecule has 21 heavy (non-hydrogen) atoms. The number of carbonyl (C=O) groups excluding carboxylic acids is 1. The Bertz CT molecular complexity index is 461. The SMILES string of the molecule is CCC(NC(=O)CC1(N)CCCCC1)c1ccc(C)cc1. The first-order valence-electron chi connectivity index (χ1n) is 8.17. The smallest absolute Gasteiger partial charge is 0.222 e. The van der Waals surface area contributed by atoms with Crippen molar-refractivity contribution in [2.24, 2.45) is 5.73 Å². The maximum atomic E-state index is 12.3. The van der Waals surface area contributed by atoms with E-state index in [0.29, 0.717) is 6.42 Å². The molecule has 3 nitrogen and oxygen atoms in total. The molecule has 0 bridgehead atoms. The topological polar surface area (TPSA) is 55.1 Å². The molecule has 1 amide bonds. The minimum absolute atomic E-state index is 0.0882. The van der Waals surface area contributed by atoms with Gasteiger partial charge in [-0.05, 0) is 31.7 Å². The van der Waals surface area contributed by atoms with Gasteiger partial charge in [-0.2, -0.15) is 0 Å². The lowest BCUT2D eigenvalue weighted by Crippen LogP contribution is -2.46. The molecule has 1 aliphatic carbocycles. The van der Waals surface area contributed by atoms with Crippen molar-refractivity contribution in [3.05, 3.63) is 35.4 Å². The summed E-state index contributed by atoms with van der Waals surface area (Å²) in [5.41, 5.74) is 8.50. The first kappa shape index (κ1) is 16.0. The zero-order chi connectivity index (χ0) is 15.3. The number of amides is 1. The highest BCUT2D eigenvalue weighted by Crippen LogP contribution is 2.29. The molecule has 0 spiro atoms. The van der Waals surface area contributed by atoms with E-state index < -0.39 is 0 Å². The van der Waals surface area contributed by atoms with Gasteiger partial charge in [-0.25, -0.2) is 0 Å². The van der Waals surface area contributed by atoms with Crippen LogP contribution in [0.3, 0.4) is 0 Å². The molecule has 0 aliphatic heterocycles. The molecule has 1 aliphatic rings. The van der Waals surface area contributed by atoms with Crippen LogP contribution in [0.1, 0.15) is 69.0 Å². The van der Waals surface area contributed by atoms with Crippen molar-refractivity contribution in [3.8, 4) is 0 Å². The monoisotopic (exact) mass is 288 g/mol. The first-order valence-corrected chi connectivity index (χ1v) is 8.17. The van der Waals surface area contributed by atoms with Crippen molar-refractivity contribution in [3.63, 3.8) is 0 Å². The number of nitrogens with two attached hydrogens (primary N) is 1. The molecule has 0 radical (unpaired) electrons. The van der Waals surface area contributed by atoms with Crippen LogP contribution in [-0.4, -0.2) is 11.4 Å². The van der Waals surface area contributed by atoms with Gasteiger partial charge in [0.05, 0.1) is 6.04 Å². The molecule has 3 N–H and O–H groups in total. The van der Waals surface area contributed by atoms with E-state index in [2.05, 4.69) is 43.4 Å². The second-order valence-electron chi connectivity index (χ2n) is 6.54. The van der Waals surface area contributed by atoms with E-state index in [9.17, 15) is 4.79 Å². The Hall–Kier alpha value is -1.35. The minimum Gasteiger partial charge on any atom is -0.349 e. The molecule has 1 aromatic rings. The van der Waals surface area contributed by atoms with Crippen molar-refractivity contribution in [1.82, 2.24) is 5.32 Å². The Morgan fingerprint density at radius 2 is 1.86 bits per heavy atom. The lowest BCUT2D eigenvalue weighted by molar-refractivity contribution is -0.123. The fraction of sp³-hybridized carbons (Fsp3) is 0.611. The van der Waals surface area contributed by atoms with E-state index in [1.54, 1.807) is 0 Å². The molecular weight excluding hydrogens is 260 g/mol. The van der Waals surface area contributed by atoms with Crippen LogP contribution in [0.25, 0.3) is 0 Å². The van der Waals surface area contributed by atoms with Crippen molar-refractivity contribution in [2.75, 3.05) is 0 Å². The van der Waals surface area contributed by atoms with Gasteiger partial charge in [0.2, 0.25) is 5.91 Å². The number of aryl methyl sites for hydroxylation is 1. The Labute approximate surface area is 128 Å². The summed E-state index contributed by atoms with van der Waals surface area (Å²) in [6, 6.07) is 8.47. The summed E-state index contributed by atoms with van der Waals surface area (Å²) >= 11 is 0. The summed E-state index contributed by atoms with van der Waals surface area (Å²) in [6.07, 6.45) is 6.85. The van der Waals surface area contributed by atoms with Crippen LogP contribution >= 0.6 is 0 Å². The van der Waals surface area contributed by atoms with E-state index in [4.69, 9.17) is 5.73 Å². The standard InChI is InChI=1S/C18H28N2O/c1-3-16(15-9-7-14(2)8-10-15)20-17(21)13-18(19)11-5-4-6-12-18/h7-10,16H,3-6,11-13,19H2,1-2H3,(H,20,21). The molecule has 1 unspecified atom stereocenters. The lowest BCUT2D eigenvalue weighted by atomic mass is 9.80. The predicted octanol–water partition coefficient (Wildman–Crippen LogP) is 3.61. The van der Waals surface area contributed by atoms with E-state index in [1.807, 2.05) is 0 Å². The van der Waals surface area contributed by atoms with Gasteiger partial charge in [0.25, 0.3) is 0 Å². The molecule has 0 aromatic heterocycles. The number of nitrogens with one attached hydrogen (secondary N) is 1. The highest BCUT2D eigenvalue weighted by atomic mass is 16.1. The lowest BCUT2D eigenvalue weighted by Gasteiger charge is -2.33. The van der Waals surface area contributed by atoms with Gasteiger partial charge in [-0.1, -0.05) is 56.0 Å². The third-order valence-corrected chi connectivity index (χ3v) is 4.59. The summed E-state index contributed by atoms with van der Waals surface area (Å²) in [5.74, 6) is 0.0897. The highest BCUT2D eigenvalue weighted by Gasteiger charge is 2.30. The summed E-state index contributed by atoms with van der Waals surface area (Å²) < 4.78 is 0. The van der Waals surface area contributed by atoms with E-state index >= 15 is 0 Å². The van der Waals surface area contributed by atoms with E-state index in [1.165, 1.54) is 17.5 Å². The molecule has 1 fully saturated rings. The number of carbonyl (C=O) groups is 1. The van der Waals surface area contributed by atoms with E-state index in [-0.39, 0.29) is 17.5 Å². The molecule has 0 heterocycles. The van der Waals surface area contributed by atoms with Crippen molar-refractivity contribution in [1.29, 1.82) is 0 Å². The Balaban J connectivity index is 1.94. The van der Waals surface area contributed by atoms with Crippen LogP contribution < -0.4 is 11.1 Å².